The minimum atomic E-state index is 0.434. The molecule has 1 N–H and O–H groups in total. The lowest BCUT2D eigenvalue weighted by Gasteiger charge is -2.22. The number of fused-ring (bicyclic) bond motifs is 1. The van der Waals surface area contributed by atoms with Gasteiger partial charge in [-0.15, -0.1) is 11.3 Å². The van der Waals surface area contributed by atoms with E-state index in [4.69, 9.17) is 4.42 Å². The maximum absolute atomic E-state index is 5.47. The molecule has 84 valence electrons. The van der Waals surface area contributed by atoms with Crippen LogP contribution < -0.4 is 5.32 Å². The Morgan fingerprint density at radius 2 is 2.56 bits per heavy atom. The molecule has 2 aromatic rings. The van der Waals surface area contributed by atoms with E-state index in [1.54, 1.807) is 17.6 Å². The van der Waals surface area contributed by atoms with Crippen LogP contribution in [0.15, 0.2) is 27.6 Å². The number of nitrogens with one attached hydrogen (secondary N) is 1. The normalized spacial score (nSPS) is 19.6. The molecular weight excluding hydrogens is 220 g/mol. The molecule has 0 fully saturated rings. The molecule has 2 aromatic heterocycles. The summed E-state index contributed by atoms with van der Waals surface area (Å²) in [5.74, 6) is 1.15. The highest BCUT2D eigenvalue weighted by Gasteiger charge is 2.21. The maximum atomic E-state index is 5.47. The molecule has 0 aliphatic heterocycles. The van der Waals surface area contributed by atoms with Gasteiger partial charge in [-0.3, -0.25) is 0 Å². The zero-order valence-corrected chi connectivity index (χ0v) is 9.80. The molecule has 1 unspecified atom stereocenters. The second-order valence-corrected chi connectivity index (χ2v) is 4.82. The van der Waals surface area contributed by atoms with Crippen LogP contribution in [0.1, 0.15) is 35.9 Å². The molecule has 3 rings (SSSR count). The number of furan rings is 1. The molecule has 0 bridgehead atoms. The van der Waals surface area contributed by atoms with Crippen molar-refractivity contribution in [3.05, 3.63) is 40.2 Å². The van der Waals surface area contributed by atoms with E-state index in [-0.39, 0.29) is 0 Å². The summed E-state index contributed by atoms with van der Waals surface area (Å²) in [6.07, 6.45) is 5.27. The summed E-state index contributed by atoms with van der Waals surface area (Å²) in [5, 5.41) is 5.64. The van der Waals surface area contributed by atoms with Crippen molar-refractivity contribution in [3.63, 3.8) is 0 Å². The van der Waals surface area contributed by atoms with Crippen molar-refractivity contribution in [1.29, 1.82) is 0 Å². The van der Waals surface area contributed by atoms with Crippen LogP contribution in [0, 0.1) is 0 Å². The molecule has 0 saturated heterocycles. The van der Waals surface area contributed by atoms with Gasteiger partial charge in [-0.1, -0.05) is 0 Å². The van der Waals surface area contributed by atoms with E-state index in [1.807, 2.05) is 5.51 Å². The summed E-state index contributed by atoms with van der Waals surface area (Å²) in [7, 11) is 0. The fraction of sp³-hybridized carbons (Fsp3) is 0.417. The molecule has 0 spiro atoms. The van der Waals surface area contributed by atoms with E-state index < -0.39 is 0 Å². The van der Waals surface area contributed by atoms with Crippen LogP contribution in [-0.2, 0) is 13.0 Å². The summed E-state index contributed by atoms with van der Waals surface area (Å²) in [6, 6.07) is 2.52. The molecule has 1 aliphatic carbocycles. The molecular formula is C12H14N2OS. The molecule has 0 radical (unpaired) electrons. The van der Waals surface area contributed by atoms with Gasteiger partial charge >= 0.3 is 0 Å². The van der Waals surface area contributed by atoms with Crippen LogP contribution in [0.4, 0.5) is 0 Å². The molecule has 4 heteroatoms. The van der Waals surface area contributed by atoms with Crippen molar-refractivity contribution in [1.82, 2.24) is 10.3 Å². The van der Waals surface area contributed by atoms with Crippen LogP contribution in [0.3, 0.4) is 0 Å². The van der Waals surface area contributed by atoms with Gasteiger partial charge in [-0.25, -0.2) is 4.98 Å². The predicted molar refractivity (Wildman–Crippen MR) is 63.3 cm³/mol. The SMILES string of the molecule is c1cc2c(o1)CCCC2NCc1cscn1. The van der Waals surface area contributed by atoms with Crippen LogP contribution in [0.5, 0.6) is 0 Å². The zero-order chi connectivity index (χ0) is 10.8. The largest absolute Gasteiger partial charge is 0.469 e. The van der Waals surface area contributed by atoms with Crippen LogP contribution >= 0.6 is 11.3 Å². The Labute approximate surface area is 98.5 Å². The average Bonchev–Trinajstić information content (AvgIpc) is 2.97. The van der Waals surface area contributed by atoms with Gasteiger partial charge < -0.3 is 9.73 Å². The standard InChI is InChI=1S/C12H14N2OS/c1-2-11(10-4-5-15-12(10)3-1)13-6-9-7-16-8-14-9/h4-5,7-8,11,13H,1-3,6H2. The Morgan fingerprint density at radius 3 is 3.44 bits per heavy atom. The molecule has 3 nitrogen and oxygen atoms in total. The number of aromatic nitrogens is 1. The van der Waals surface area contributed by atoms with Crippen LogP contribution in [-0.4, -0.2) is 4.98 Å². The first-order valence-corrected chi connectivity index (χ1v) is 6.54. The summed E-state index contributed by atoms with van der Waals surface area (Å²) in [5.41, 5.74) is 4.34. The van der Waals surface area contributed by atoms with Gasteiger partial charge in [0.15, 0.2) is 0 Å². The maximum Gasteiger partial charge on any atom is 0.108 e. The number of rotatable bonds is 3. The highest BCUT2D eigenvalue weighted by Crippen LogP contribution is 2.30. The first-order chi connectivity index (χ1) is 7.93. The van der Waals surface area contributed by atoms with Crippen LogP contribution in [0.25, 0.3) is 0 Å². The Morgan fingerprint density at radius 1 is 1.56 bits per heavy atom. The van der Waals surface area contributed by atoms with Crippen LogP contribution in [0.2, 0.25) is 0 Å². The van der Waals surface area contributed by atoms with Gasteiger partial charge in [0.25, 0.3) is 0 Å². The Hall–Kier alpha value is -1.13. The summed E-state index contributed by atoms with van der Waals surface area (Å²) in [6.45, 7) is 0.846. The quantitative estimate of drug-likeness (QED) is 0.887. The van der Waals surface area contributed by atoms with Crippen molar-refractivity contribution >= 4 is 11.3 Å². The van der Waals surface area contributed by atoms with Gasteiger partial charge in [0.1, 0.15) is 5.76 Å². The highest BCUT2D eigenvalue weighted by atomic mass is 32.1. The summed E-state index contributed by atoms with van der Waals surface area (Å²) >= 11 is 1.64. The van der Waals surface area contributed by atoms with E-state index in [2.05, 4.69) is 21.7 Å². The van der Waals surface area contributed by atoms with Crippen molar-refractivity contribution in [3.8, 4) is 0 Å². The lowest BCUT2D eigenvalue weighted by atomic mass is 9.93. The van der Waals surface area contributed by atoms with Gasteiger partial charge in [0.2, 0.25) is 0 Å². The lowest BCUT2D eigenvalue weighted by Crippen LogP contribution is -2.24. The Balaban J connectivity index is 1.69. The second kappa shape index (κ2) is 4.39. The third-order valence-corrected chi connectivity index (χ3v) is 3.70. The molecule has 0 aromatic carbocycles. The van der Waals surface area contributed by atoms with E-state index in [9.17, 15) is 0 Å². The number of hydrogen-bond donors (Lipinski definition) is 1. The Bertz CT molecular complexity index is 449. The van der Waals surface area contributed by atoms with E-state index >= 15 is 0 Å². The lowest BCUT2D eigenvalue weighted by molar-refractivity contribution is 0.410. The summed E-state index contributed by atoms with van der Waals surface area (Å²) in [4.78, 5) is 4.28. The number of thiazole rings is 1. The van der Waals surface area contributed by atoms with E-state index in [1.165, 1.54) is 18.4 Å². The smallest absolute Gasteiger partial charge is 0.108 e. The molecule has 2 heterocycles. The van der Waals surface area contributed by atoms with E-state index in [0.29, 0.717) is 6.04 Å². The third kappa shape index (κ3) is 1.90. The van der Waals surface area contributed by atoms with Gasteiger partial charge in [0.05, 0.1) is 17.5 Å². The number of aryl methyl sites for hydroxylation is 1. The molecule has 16 heavy (non-hydrogen) atoms. The molecule has 0 amide bonds. The van der Waals surface area contributed by atoms with Gasteiger partial charge in [0, 0.05) is 30.0 Å². The van der Waals surface area contributed by atoms with Crippen molar-refractivity contribution < 1.29 is 4.42 Å². The first-order valence-electron chi connectivity index (χ1n) is 5.60. The Kier molecular flexibility index (Phi) is 2.76. The van der Waals surface area contributed by atoms with Gasteiger partial charge in [-0.2, -0.15) is 0 Å². The monoisotopic (exact) mass is 234 g/mol. The second-order valence-electron chi connectivity index (χ2n) is 4.10. The van der Waals surface area contributed by atoms with Crippen molar-refractivity contribution in [2.24, 2.45) is 0 Å². The minimum Gasteiger partial charge on any atom is -0.469 e. The summed E-state index contributed by atoms with van der Waals surface area (Å²) < 4.78 is 5.47. The number of hydrogen-bond acceptors (Lipinski definition) is 4. The average molecular weight is 234 g/mol. The van der Waals surface area contributed by atoms with Crippen molar-refractivity contribution in [2.75, 3.05) is 0 Å². The van der Waals surface area contributed by atoms with E-state index in [0.717, 1.165) is 24.4 Å². The predicted octanol–water partition coefficient (Wildman–Crippen LogP) is 2.90. The zero-order valence-electron chi connectivity index (χ0n) is 8.98. The fourth-order valence-corrected chi connectivity index (χ4v) is 2.81. The minimum absolute atomic E-state index is 0.434. The molecule has 0 saturated carbocycles. The highest BCUT2D eigenvalue weighted by molar-refractivity contribution is 7.07. The van der Waals surface area contributed by atoms with Crippen molar-refractivity contribution in [2.45, 2.75) is 31.8 Å². The molecule has 1 aliphatic rings. The topological polar surface area (TPSA) is 38.1 Å². The molecule has 1 atom stereocenters. The number of nitrogens with zero attached hydrogens (tertiary/aromatic N) is 1. The third-order valence-electron chi connectivity index (χ3n) is 3.06. The first kappa shape index (κ1) is 10.1. The fourth-order valence-electron chi connectivity index (χ4n) is 2.25. The van der Waals surface area contributed by atoms with Gasteiger partial charge in [-0.05, 0) is 18.9 Å².